The van der Waals surface area contributed by atoms with Crippen molar-refractivity contribution in [3.8, 4) is 0 Å². The predicted octanol–water partition coefficient (Wildman–Crippen LogP) is 3.41. The van der Waals surface area contributed by atoms with Gasteiger partial charge in [0.05, 0.1) is 11.7 Å². The number of rotatable bonds is 4. The third-order valence-electron chi connectivity index (χ3n) is 2.37. The predicted molar refractivity (Wildman–Crippen MR) is 56.1 cm³/mol. The summed E-state index contributed by atoms with van der Waals surface area (Å²) in [5.74, 6) is 0. The Bertz CT molecular complexity index is 316. The minimum Gasteiger partial charge on any atom is -0.393 e. The van der Waals surface area contributed by atoms with Gasteiger partial charge in [-0.25, -0.2) is 0 Å². The number of hydrogen-bond acceptors (Lipinski definition) is 1. The second-order valence-corrected chi connectivity index (χ2v) is 3.84. The second-order valence-electron chi connectivity index (χ2n) is 3.84. The van der Waals surface area contributed by atoms with E-state index in [1.807, 2.05) is 6.92 Å². The van der Waals surface area contributed by atoms with E-state index in [0.717, 1.165) is 24.1 Å². The van der Waals surface area contributed by atoms with E-state index in [0.29, 0.717) is 12.8 Å². The molecule has 0 aliphatic carbocycles. The summed E-state index contributed by atoms with van der Waals surface area (Å²) < 4.78 is 36.8. The lowest BCUT2D eigenvalue weighted by Crippen LogP contribution is -2.10. The number of hydrogen-bond donors (Lipinski definition) is 1. The van der Waals surface area contributed by atoms with E-state index in [-0.39, 0.29) is 0 Å². The highest BCUT2D eigenvalue weighted by Gasteiger charge is 2.29. The Kier molecular flexibility index (Phi) is 4.35. The van der Waals surface area contributed by atoms with Crippen molar-refractivity contribution in [2.45, 2.75) is 38.5 Å². The molecule has 1 N–H and O–H groups in total. The van der Waals surface area contributed by atoms with Crippen molar-refractivity contribution >= 4 is 0 Å². The highest BCUT2D eigenvalue weighted by molar-refractivity contribution is 5.24. The zero-order valence-electron chi connectivity index (χ0n) is 9.09. The number of alkyl halides is 3. The molecule has 1 rings (SSSR count). The third kappa shape index (κ3) is 3.85. The van der Waals surface area contributed by atoms with Crippen molar-refractivity contribution in [2.75, 3.05) is 0 Å². The van der Waals surface area contributed by atoms with Crippen LogP contribution in [-0.2, 0) is 12.6 Å². The summed E-state index contributed by atoms with van der Waals surface area (Å²) in [4.78, 5) is 0. The van der Waals surface area contributed by atoms with Crippen LogP contribution in [0.15, 0.2) is 24.3 Å². The summed E-state index contributed by atoms with van der Waals surface area (Å²) in [5.41, 5.74) is 0.0789. The molecule has 0 heterocycles. The summed E-state index contributed by atoms with van der Waals surface area (Å²) in [6.07, 6.45) is -2.82. The van der Waals surface area contributed by atoms with Crippen molar-refractivity contribution in [1.29, 1.82) is 0 Å². The topological polar surface area (TPSA) is 20.2 Å². The molecule has 0 saturated carbocycles. The van der Waals surface area contributed by atoms with Crippen LogP contribution in [0, 0.1) is 0 Å². The molecule has 0 aliphatic heterocycles. The van der Waals surface area contributed by atoms with Gasteiger partial charge in [0.1, 0.15) is 0 Å². The average molecular weight is 232 g/mol. The van der Waals surface area contributed by atoms with Gasteiger partial charge in [-0.2, -0.15) is 13.2 Å². The van der Waals surface area contributed by atoms with Crippen molar-refractivity contribution in [1.82, 2.24) is 0 Å². The van der Waals surface area contributed by atoms with Crippen molar-refractivity contribution in [2.24, 2.45) is 0 Å². The molecule has 0 bridgehead atoms. The molecule has 0 aliphatic rings. The summed E-state index contributed by atoms with van der Waals surface area (Å²) in [7, 11) is 0. The van der Waals surface area contributed by atoms with E-state index in [2.05, 4.69) is 0 Å². The van der Waals surface area contributed by atoms with E-state index in [1.165, 1.54) is 12.1 Å². The fraction of sp³-hybridized carbons (Fsp3) is 0.500. The third-order valence-corrected chi connectivity index (χ3v) is 2.37. The lowest BCUT2D eigenvalue weighted by Gasteiger charge is -2.10. The lowest BCUT2D eigenvalue weighted by molar-refractivity contribution is -0.137. The molecule has 1 aromatic carbocycles. The molecule has 4 heteroatoms. The zero-order chi connectivity index (χ0) is 12.2. The molecule has 16 heavy (non-hydrogen) atoms. The van der Waals surface area contributed by atoms with E-state index in [1.54, 1.807) is 0 Å². The van der Waals surface area contributed by atoms with Gasteiger partial charge in [-0.1, -0.05) is 25.5 Å². The second kappa shape index (κ2) is 5.34. The summed E-state index contributed by atoms with van der Waals surface area (Å²) in [6, 6.07) is 4.94. The van der Waals surface area contributed by atoms with Gasteiger partial charge in [0.15, 0.2) is 0 Å². The van der Waals surface area contributed by atoms with Crippen LogP contribution in [0.4, 0.5) is 13.2 Å². The normalized spacial score (nSPS) is 13.8. The molecule has 0 amide bonds. The molecule has 0 radical (unpaired) electrons. The van der Waals surface area contributed by atoms with Crippen LogP contribution in [0.25, 0.3) is 0 Å². The molecule has 1 unspecified atom stereocenters. The van der Waals surface area contributed by atoms with Crippen LogP contribution in [0.2, 0.25) is 0 Å². The maximum atomic E-state index is 12.3. The van der Waals surface area contributed by atoms with Gasteiger partial charge in [-0.15, -0.1) is 0 Å². The molecule has 1 nitrogen and oxygen atoms in total. The SMILES string of the molecule is CCCC(O)Cc1ccc(C(F)(F)F)cc1. The van der Waals surface area contributed by atoms with Gasteiger partial charge >= 0.3 is 6.18 Å². The molecule has 0 spiro atoms. The van der Waals surface area contributed by atoms with E-state index < -0.39 is 17.8 Å². The highest BCUT2D eigenvalue weighted by Crippen LogP contribution is 2.29. The summed E-state index contributed by atoms with van der Waals surface area (Å²) >= 11 is 0. The maximum Gasteiger partial charge on any atom is 0.416 e. The molecular weight excluding hydrogens is 217 g/mol. The largest absolute Gasteiger partial charge is 0.416 e. The Morgan fingerprint density at radius 3 is 2.19 bits per heavy atom. The van der Waals surface area contributed by atoms with Crippen molar-refractivity contribution in [3.05, 3.63) is 35.4 Å². The van der Waals surface area contributed by atoms with E-state index in [9.17, 15) is 18.3 Å². The van der Waals surface area contributed by atoms with Gasteiger partial charge in [-0.05, 0) is 30.5 Å². The first kappa shape index (κ1) is 13.0. The fourth-order valence-electron chi connectivity index (χ4n) is 1.54. The van der Waals surface area contributed by atoms with Crippen LogP contribution < -0.4 is 0 Å². The smallest absolute Gasteiger partial charge is 0.393 e. The Balaban J connectivity index is 2.65. The minimum atomic E-state index is -4.29. The Morgan fingerprint density at radius 2 is 1.75 bits per heavy atom. The van der Waals surface area contributed by atoms with Gasteiger partial charge in [0.25, 0.3) is 0 Å². The molecule has 0 saturated heterocycles. The molecule has 1 aromatic rings. The lowest BCUT2D eigenvalue weighted by atomic mass is 10.0. The van der Waals surface area contributed by atoms with Crippen LogP contribution in [0.5, 0.6) is 0 Å². The Morgan fingerprint density at radius 1 is 1.19 bits per heavy atom. The summed E-state index contributed by atoms with van der Waals surface area (Å²) in [5, 5.41) is 9.51. The van der Waals surface area contributed by atoms with Crippen LogP contribution in [0.1, 0.15) is 30.9 Å². The zero-order valence-corrected chi connectivity index (χ0v) is 9.09. The first-order valence-corrected chi connectivity index (χ1v) is 5.27. The molecule has 90 valence electrons. The molecule has 0 aromatic heterocycles. The van der Waals surface area contributed by atoms with Crippen LogP contribution in [0.3, 0.4) is 0 Å². The van der Waals surface area contributed by atoms with E-state index >= 15 is 0 Å². The van der Waals surface area contributed by atoms with Crippen LogP contribution >= 0.6 is 0 Å². The first-order chi connectivity index (χ1) is 7.43. The minimum absolute atomic E-state index is 0.409. The molecule has 1 atom stereocenters. The standard InChI is InChI=1S/C12H15F3O/c1-2-3-11(16)8-9-4-6-10(7-5-9)12(13,14)15/h4-7,11,16H,2-3,8H2,1H3. The monoisotopic (exact) mass is 232 g/mol. The summed E-state index contributed by atoms with van der Waals surface area (Å²) in [6.45, 7) is 1.95. The first-order valence-electron chi connectivity index (χ1n) is 5.27. The highest BCUT2D eigenvalue weighted by atomic mass is 19.4. The molecular formula is C12H15F3O. The Hall–Kier alpha value is -1.03. The number of halogens is 3. The van der Waals surface area contributed by atoms with Gasteiger partial charge in [-0.3, -0.25) is 0 Å². The van der Waals surface area contributed by atoms with Crippen LogP contribution in [-0.4, -0.2) is 11.2 Å². The van der Waals surface area contributed by atoms with Crippen molar-refractivity contribution < 1.29 is 18.3 Å². The Labute approximate surface area is 92.9 Å². The van der Waals surface area contributed by atoms with E-state index in [4.69, 9.17) is 0 Å². The average Bonchev–Trinajstić information content (AvgIpc) is 2.17. The van der Waals surface area contributed by atoms with Crippen molar-refractivity contribution in [3.63, 3.8) is 0 Å². The van der Waals surface area contributed by atoms with Gasteiger partial charge < -0.3 is 5.11 Å². The van der Waals surface area contributed by atoms with Gasteiger partial charge in [0, 0.05) is 0 Å². The quantitative estimate of drug-likeness (QED) is 0.843. The number of benzene rings is 1. The fourth-order valence-corrected chi connectivity index (χ4v) is 1.54. The van der Waals surface area contributed by atoms with Gasteiger partial charge in [0.2, 0.25) is 0 Å². The maximum absolute atomic E-state index is 12.3. The number of aliphatic hydroxyl groups excluding tert-OH is 1. The molecule has 0 fully saturated rings. The number of aliphatic hydroxyl groups is 1.